The summed E-state index contributed by atoms with van der Waals surface area (Å²) in [7, 11) is 3.93. The number of amides is 1. The van der Waals surface area contributed by atoms with Crippen molar-refractivity contribution in [1.29, 1.82) is 0 Å². The van der Waals surface area contributed by atoms with Crippen molar-refractivity contribution in [2.45, 2.75) is 26.4 Å². The molecule has 1 aromatic carbocycles. The second-order valence-electron chi connectivity index (χ2n) is 7.11. The van der Waals surface area contributed by atoms with E-state index >= 15 is 0 Å². The molecule has 0 N–H and O–H groups in total. The van der Waals surface area contributed by atoms with Gasteiger partial charge in [0.25, 0.3) is 5.91 Å². The van der Waals surface area contributed by atoms with Crippen molar-refractivity contribution < 1.29 is 4.79 Å². The van der Waals surface area contributed by atoms with E-state index in [4.69, 9.17) is 0 Å². The smallest absolute Gasteiger partial charge is 0.255 e. The van der Waals surface area contributed by atoms with E-state index in [0.717, 1.165) is 23.3 Å². The number of para-hydroxylation sites is 1. The SMILES string of the molecule is Cc1cc(C(=O)N2Cc3ccccc3N(C)C[C@@H]2C)c2cnn(C)c2n1. The van der Waals surface area contributed by atoms with Crippen LogP contribution in [0.2, 0.25) is 0 Å². The van der Waals surface area contributed by atoms with Crippen LogP contribution in [0.4, 0.5) is 5.69 Å². The standard InChI is InChI=1S/C20H23N5O/c1-13-9-16(17-10-21-24(4)19(17)22-13)20(26)25-12-15-7-5-6-8-18(15)23(3)11-14(25)2/h5-10,14H,11-12H2,1-4H3/t14-/m0/s1. The Balaban J connectivity index is 1.79. The average Bonchev–Trinajstić information content (AvgIpc) is 2.93. The lowest BCUT2D eigenvalue weighted by molar-refractivity contribution is 0.0689. The summed E-state index contributed by atoms with van der Waals surface area (Å²) in [6, 6.07) is 10.3. The van der Waals surface area contributed by atoms with E-state index in [9.17, 15) is 4.79 Å². The minimum absolute atomic E-state index is 0.0334. The second kappa shape index (κ2) is 6.12. The number of hydrogen-bond acceptors (Lipinski definition) is 4. The molecule has 0 saturated carbocycles. The van der Waals surface area contributed by atoms with Gasteiger partial charge in [-0.2, -0.15) is 5.10 Å². The first kappa shape index (κ1) is 16.6. The lowest BCUT2D eigenvalue weighted by atomic mass is 10.1. The fourth-order valence-electron chi connectivity index (χ4n) is 3.79. The number of benzene rings is 1. The number of carbonyl (C=O) groups is 1. The molecule has 1 aliphatic rings. The van der Waals surface area contributed by atoms with Gasteiger partial charge in [0.15, 0.2) is 5.65 Å². The van der Waals surface area contributed by atoms with Crippen molar-refractivity contribution in [3.8, 4) is 0 Å². The summed E-state index contributed by atoms with van der Waals surface area (Å²) >= 11 is 0. The highest BCUT2D eigenvalue weighted by atomic mass is 16.2. The van der Waals surface area contributed by atoms with Crippen molar-refractivity contribution in [3.63, 3.8) is 0 Å². The Morgan fingerprint density at radius 1 is 1.23 bits per heavy atom. The van der Waals surface area contributed by atoms with Gasteiger partial charge in [0.2, 0.25) is 0 Å². The van der Waals surface area contributed by atoms with Gasteiger partial charge in [-0.15, -0.1) is 0 Å². The number of pyridine rings is 1. The van der Waals surface area contributed by atoms with Crippen molar-refractivity contribution in [3.05, 3.63) is 53.3 Å². The summed E-state index contributed by atoms with van der Waals surface area (Å²) < 4.78 is 1.72. The van der Waals surface area contributed by atoms with E-state index in [1.165, 1.54) is 11.3 Å². The molecule has 26 heavy (non-hydrogen) atoms. The van der Waals surface area contributed by atoms with E-state index in [1.54, 1.807) is 10.9 Å². The Kier molecular flexibility index (Phi) is 3.90. The lowest BCUT2D eigenvalue weighted by Gasteiger charge is -2.29. The van der Waals surface area contributed by atoms with E-state index in [-0.39, 0.29) is 11.9 Å². The number of aromatic nitrogens is 3. The molecule has 3 aromatic rings. The molecule has 4 rings (SSSR count). The topological polar surface area (TPSA) is 54.3 Å². The van der Waals surface area contributed by atoms with Gasteiger partial charge < -0.3 is 9.80 Å². The van der Waals surface area contributed by atoms with Crippen LogP contribution in [0.25, 0.3) is 11.0 Å². The van der Waals surface area contributed by atoms with Gasteiger partial charge in [-0.3, -0.25) is 9.48 Å². The Morgan fingerprint density at radius 2 is 2.00 bits per heavy atom. The molecule has 1 atom stereocenters. The third kappa shape index (κ3) is 2.62. The molecule has 0 aliphatic carbocycles. The maximum absolute atomic E-state index is 13.5. The zero-order chi connectivity index (χ0) is 18.4. The molecule has 0 bridgehead atoms. The molecule has 1 aliphatic heterocycles. The molecule has 1 amide bonds. The largest absolute Gasteiger partial charge is 0.372 e. The molecule has 0 spiro atoms. The van der Waals surface area contributed by atoms with Crippen molar-refractivity contribution >= 4 is 22.6 Å². The third-order valence-corrected chi connectivity index (χ3v) is 5.14. The number of rotatable bonds is 1. The van der Waals surface area contributed by atoms with Crippen LogP contribution in [0.5, 0.6) is 0 Å². The normalized spacial score (nSPS) is 17.3. The molecule has 6 nitrogen and oxygen atoms in total. The van der Waals surface area contributed by atoms with Gasteiger partial charge in [0, 0.05) is 44.6 Å². The summed E-state index contributed by atoms with van der Waals surface area (Å²) in [5.74, 6) is 0.0334. The number of likely N-dealkylation sites (N-methyl/N-ethyl adjacent to an activating group) is 1. The Morgan fingerprint density at radius 3 is 2.81 bits per heavy atom. The molecule has 0 unspecified atom stereocenters. The highest BCUT2D eigenvalue weighted by Gasteiger charge is 2.29. The predicted octanol–water partition coefficient (Wildman–Crippen LogP) is 2.76. The quantitative estimate of drug-likeness (QED) is 0.678. The fourth-order valence-corrected chi connectivity index (χ4v) is 3.79. The first-order valence-corrected chi connectivity index (χ1v) is 8.85. The lowest BCUT2D eigenvalue weighted by Crippen LogP contribution is -2.42. The average molecular weight is 349 g/mol. The number of fused-ring (bicyclic) bond motifs is 2. The van der Waals surface area contributed by atoms with Crippen LogP contribution in [0.1, 0.15) is 28.5 Å². The first-order chi connectivity index (χ1) is 12.5. The third-order valence-electron chi connectivity index (χ3n) is 5.14. The highest BCUT2D eigenvalue weighted by Crippen LogP contribution is 2.28. The number of anilines is 1. The van der Waals surface area contributed by atoms with Crippen LogP contribution >= 0.6 is 0 Å². The molecule has 134 valence electrons. The summed E-state index contributed by atoms with van der Waals surface area (Å²) in [5.41, 5.74) is 4.60. The van der Waals surface area contributed by atoms with Crippen LogP contribution in [0.3, 0.4) is 0 Å². The molecule has 0 radical (unpaired) electrons. The van der Waals surface area contributed by atoms with E-state index < -0.39 is 0 Å². The Bertz CT molecular complexity index is 993. The molecule has 0 saturated heterocycles. The first-order valence-electron chi connectivity index (χ1n) is 8.85. The molecular weight excluding hydrogens is 326 g/mol. The number of aryl methyl sites for hydroxylation is 2. The Labute approximate surface area is 153 Å². The minimum atomic E-state index is 0.0334. The zero-order valence-electron chi connectivity index (χ0n) is 15.6. The number of hydrogen-bond donors (Lipinski definition) is 0. The summed E-state index contributed by atoms with van der Waals surface area (Å²) in [5, 5.41) is 5.09. The summed E-state index contributed by atoms with van der Waals surface area (Å²) in [6.45, 7) is 5.42. The zero-order valence-corrected chi connectivity index (χ0v) is 15.6. The van der Waals surface area contributed by atoms with Gasteiger partial charge in [-0.25, -0.2) is 4.98 Å². The van der Waals surface area contributed by atoms with Crippen LogP contribution in [-0.2, 0) is 13.6 Å². The highest BCUT2D eigenvalue weighted by molar-refractivity contribution is 6.05. The van der Waals surface area contributed by atoms with Crippen molar-refractivity contribution in [1.82, 2.24) is 19.7 Å². The number of nitrogens with zero attached hydrogens (tertiary/aromatic N) is 5. The molecule has 0 fully saturated rings. The van der Waals surface area contributed by atoms with Crippen molar-refractivity contribution in [2.75, 3.05) is 18.5 Å². The monoisotopic (exact) mass is 349 g/mol. The van der Waals surface area contributed by atoms with E-state index in [1.807, 2.05) is 37.1 Å². The maximum Gasteiger partial charge on any atom is 0.255 e. The van der Waals surface area contributed by atoms with Gasteiger partial charge in [0.05, 0.1) is 17.1 Å². The Hall–Kier alpha value is -2.89. The molecular formula is C20H23N5O. The van der Waals surface area contributed by atoms with Crippen LogP contribution in [0, 0.1) is 6.92 Å². The minimum Gasteiger partial charge on any atom is -0.372 e. The van der Waals surface area contributed by atoms with Gasteiger partial charge in [-0.05, 0) is 31.5 Å². The second-order valence-corrected chi connectivity index (χ2v) is 7.11. The van der Waals surface area contributed by atoms with E-state index in [0.29, 0.717) is 12.1 Å². The maximum atomic E-state index is 13.5. The van der Waals surface area contributed by atoms with Crippen LogP contribution < -0.4 is 4.90 Å². The summed E-state index contributed by atoms with van der Waals surface area (Å²) in [4.78, 5) is 22.2. The van der Waals surface area contributed by atoms with Crippen LogP contribution in [-0.4, -0.2) is 45.2 Å². The predicted molar refractivity (Wildman–Crippen MR) is 102 cm³/mol. The summed E-state index contributed by atoms with van der Waals surface area (Å²) in [6.07, 6.45) is 1.73. The van der Waals surface area contributed by atoms with Gasteiger partial charge in [0.1, 0.15) is 0 Å². The molecule has 6 heteroatoms. The molecule has 3 heterocycles. The van der Waals surface area contributed by atoms with Gasteiger partial charge in [-0.1, -0.05) is 18.2 Å². The number of carbonyl (C=O) groups excluding carboxylic acids is 1. The van der Waals surface area contributed by atoms with Gasteiger partial charge >= 0.3 is 0 Å². The molecule has 2 aromatic heterocycles. The van der Waals surface area contributed by atoms with Crippen LogP contribution in [0.15, 0.2) is 36.5 Å². The van der Waals surface area contributed by atoms with Crippen molar-refractivity contribution in [2.24, 2.45) is 7.05 Å². The van der Waals surface area contributed by atoms with E-state index in [2.05, 4.69) is 41.1 Å². The fraction of sp³-hybridized carbons (Fsp3) is 0.350.